The van der Waals surface area contributed by atoms with Crippen molar-refractivity contribution in [1.29, 1.82) is 0 Å². The van der Waals surface area contributed by atoms with Crippen molar-refractivity contribution in [2.75, 3.05) is 11.4 Å². The van der Waals surface area contributed by atoms with E-state index in [0.29, 0.717) is 29.9 Å². The molecule has 0 bridgehead atoms. The summed E-state index contributed by atoms with van der Waals surface area (Å²) in [6.07, 6.45) is 1.52. The van der Waals surface area contributed by atoms with Crippen LogP contribution >= 0.6 is 0 Å². The monoisotopic (exact) mass is 355 g/mol. The minimum Gasteiger partial charge on any atom is -0.349 e. The van der Waals surface area contributed by atoms with E-state index in [4.69, 9.17) is 0 Å². The predicted octanol–water partition coefficient (Wildman–Crippen LogP) is 4.76. The van der Waals surface area contributed by atoms with E-state index in [1.807, 2.05) is 17.0 Å². The average molecular weight is 355 g/mol. The molecule has 2 heterocycles. The molecule has 4 rings (SSSR count). The quantitative estimate of drug-likeness (QED) is 0.502. The molecule has 26 heavy (non-hydrogen) atoms. The molecule has 0 saturated carbocycles. The van der Waals surface area contributed by atoms with Crippen LogP contribution in [0.2, 0.25) is 0 Å². The van der Waals surface area contributed by atoms with Gasteiger partial charge >= 0.3 is 0 Å². The van der Waals surface area contributed by atoms with Gasteiger partial charge in [-0.15, -0.1) is 0 Å². The maximum absolute atomic E-state index is 14.2. The summed E-state index contributed by atoms with van der Waals surface area (Å²) in [6.45, 7) is 0.661. The number of anilines is 1. The van der Waals surface area contributed by atoms with Gasteiger partial charge in [-0.25, -0.2) is 13.8 Å². The third-order valence-corrected chi connectivity index (χ3v) is 4.74. The Morgan fingerprint density at radius 3 is 2.73 bits per heavy atom. The third-order valence-electron chi connectivity index (χ3n) is 4.74. The molecule has 1 fully saturated rings. The van der Waals surface area contributed by atoms with Gasteiger partial charge in [0.25, 0.3) is 5.69 Å². The molecular formula is C19H15F2N3O2. The first-order chi connectivity index (χ1) is 12.5. The van der Waals surface area contributed by atoms with Crippen molar-refractivity contribution < 1.29 is 13.7 Å². The summed E-state index contributed by atoms with van der Waals surface area (Å²) in [7, 11) is 0. The third kappa shape index (κ3) is 2.85. The Balaban J connectivity index is 1.75. The standard InChI is InChI=1S/C19H15F2N3O2/c20-13-5-7-16(21)15(10-13)18-2-1-9-23(18)19-8-4-12-3-6-14(24(25)26)11-17(12)22-19/h3-8,10-11,18H,1-2,9H2. The van der Waals surface area contributed by atoms with Crippen LogP contribution in [0.25, 0.3) is 10.9 Å². The van der Waals surface area contributed by atoms with Gasteiger partial charge in [-0.2, -0.15) is 0 Å². The van der Waals surface area contributed by atoms with Crippen molar-refractivity contribution in [2.24, 2.45) is 0 Å². The SMILES string of the molecule is O=[N+]([O-])c1ccc2ccc(N3CCCC3c3cc(F)ccc3F)nc2c1. The fraction of sp³-hybridized carbons (Fsp3) is 0.211. The number of pyridine rings is 1. The highest BCUT2D eigenvalue weighted by Crippen LogP contribution is 2.37. The van der Waals surface area contributed by atoms with Gasteiger partial charge in [-0.05, 0) is 49.2 Å². The molecule has 1 aromatic heterocycles. The van der Waals surface area contributed by atoms with Gasteiger partial charge in [0.15, 0.2) is 0 Å². The molecule has 1 aliphatic heterocycles. The first kappa shape index (κ1) is 16.4. The fourth-order valence-electron chi connectivity index (χ4n) is 3.50. The number of aromatic nitrogens is 1. The molecular weight excluding hydrogens is 340 g/mol. The van der Waals surface area contributed by atoms with Crippen LogP contribution in [0, 0.1) is 21.7 Å². The number of rotatable bonds is 3. The molecule has 3 aromatic rings. The van der Waals surface area contributed by atoms with Gasteiger partial charge in [-0.3, -0.25) is 10.1 Å². The number of hydrogen-bond acceptors (Lipinski definition) is 4. The van der Waals surface area contributed by atoms with Gasteiger partial charge in [0, 0.05) is 29.6 Å². The normalized spacial score (nSPS) is 17.0. The number of halogens is 2. The zero-order valence-electron chi connectivity index (χ0n) is 13.7. The predicted molar refractivity (Wildman–Crippen MR) is 94.1 cm³/mol. The second kappa shape index (κ2) is 6.33. The van der Waals surface area contributed by atoms with E-state index in [-0.39, 0.29) is 11.7 Å². The van der Waals surface area contributed by atoms with Crippen LogP contribution < -0.4 is 4.90 Å². The van der Waals surface area contributed by atoms with Crippen LogP contribution in [0.3, 0.4) is 0 Å². The molecule has 132 valence electrons. The van der Waals surface area contributed by atoms with Crippen molar-refractivity contribution in [1.82, 2.24) is 4.98 Å². The van der Waals surface area contributed by atoms with Gasteiger partial charge in [0.2, 0.25) is 0 Å². The van der Waals surface area contributed by atoms with Crippen LogP contribution in [0.5, 0.6) is 0 Å². The summed E-state index contributed by atoms with van der Waals surface area (Å²) in [5, 5.41) is 11.8. The lowest BCUT2D eigenvalue weighted by atomic mass is 10.0. The van der Waals surface area contributed by atoms with E-state index in [0.717, 1.165) is 23.9 Å². The molecule has 2 aromatic carbocycles. The smallest absolute Gasteiger partial charge is 0.271 e. The number of hydrogen-bond donors (Lipinski definition) is 0. The van der Waals surface area contributed by atoms with Crippen LogP contribution in [0.1, 0.15) is 24.4 Å². The molecule has 1 atom stereocenters. The molecule has 5 nitrogen and oxygen atoms in total. The Morgan fingerprint density at radius 2 is 1.92 bits per heavy atom. The van der Waals surface area contributed by atoms with Crippen molar-refractivity contribution >= 4 is 22.4 Å². The Bertz CT molecular complexity index is 1010. The topological polar surface area (TPSA) is 59.3 Å². The minimum absolute atomic E-state index is 0.0312. The Kier molecular flexibility index (Phi) is 3.99. The summed E-state index contributed by atoms with van der Waals surface area (Å²) in [4.78, 5) is 17.0. The van der Waals surface area contributed by atoms with Gasteiger partial charge in [-0.1, -0.05) is 0 Å². The highest BCUT2D eigenvalue weighted by atomic mass is 19.1. The first-order valence-corrected chi connectivity index (χ1v) is 8.30. The van der Waals surface area contributed by atoms with Gasteiger partial charge in [0.1, 0.15) is 17.5 Å². The van der Waals surface area contributed by atoms with E-state index in [9.17, 15) is 18.9 Å². The molecule has 0 spiro atoms. The number of nitro benzene ring substituents is 1. The average Bonchev–Trinajstić information content (AvgIpc) is 3.12. The molecule has 0 N–H and O–H groups in total. The van der Waals surface area contributed by atoms with E-state index in [1.165, 1.54) is 18.2 Å². The lowest BCUT2D eigenvalue weighted by Crippen LogP contribution is -2.24. The first-order valence-electron chi connectivity index (χ1n) is 8.30. The van der Waals surface area contributed by atoms with E-state index in [1.54, 1.807) is 6.07 Å². The van der Waals surface area contributed by atoms with Crippen LogP contribution in [0.4, 0.5) is 20.3 Å². The van der Waals surface area contributed by atoms with Crippen molar-refractivity contribution in [3.05, 3.63) is 75.8 Å². The van der Waals surface area contributed by atoms with Crippen LogP contribution in [-0.2, 0) is 0 Å². The molecule has 0 amide bonds. The molecule has 0 aliphatic carbocycles. The zero-order chi connectivity index (χ0) is 18.3. The molecule has 0 radical (unpaired) electrons. The van der Waals surface area contributed by atoms with Crippen molar-refractivity contribution in [3.63, 3.8) is 0 Å². The highest BCUT2D eigenvalue weighted by Gasteiger charge is 2.29. The number of benzene rings is 2. The van der Waals surface area contributed by atoms with Crippen molar-refractivity contribution in [3.8, 4) is 0 Å². The number of nitro groups is 1. The molecule has 1 saturated heterocycles. The summed E-state index contributed by atoms with van der Waals surface area (Å²) < 4.78 is 27.8. The summed E-state index contributed by atoms with van der Waals surface area (Å²) in [5.74, 6) is -0.320. The molecule has 1 unspecified atom stereocenters. The number of fused-ring (bicyclic) bond motifs is 1. The van der Waals surface area contributed by atoms with E-state index < -0.39 is 16.6 Å². The molecule has 7 heteroatoms. The lowest BCUT2D eigenvalue weighted by Gasteiger charge is -2.26. The second-order valence-electron chi connectivity index (χ2n) is 6.32. The lowest BCUT2D eigenvalue weighted by molar-refractivity contribution is -0.384. The Labute approximate surface area is 148 Å². The zero-order valence-corrected chi connectivity index (χ0v) is 13.7. The second-order valence-corrected chi connectivity index (χ2v) is 6.32. The molecule has 1 aliphatic rings. The number of nitrogens with zero attached hydrogens (tertiary/aromatic N) is 3. The van der Waals surface area contributed by atoms with E-state index >= 15 is 0 Å². The number of non-ortho nitro benzene ring substituents is 1. The highest BCUT2D eigenvalue weighted by molar-refractivity contribution is 5.82. The van der Waals surface area contributed by atoms with Crippen LogP contribution in [0.15, 0.2) is 48.5 Å². The minimum atomic E-state index is -0.477. The maximum Gasteiger partial charge on any atom is 0.271 e. The van der Waals surface area contributed by atoms with Gasteiger partial charge in [0.05, 0.1) is 16.5 Å². The summed E-state index contributed by atoms with van der Waals surface area (Å²) in [6, 6.07) is 11.3. The van der Waals surface area contributed by atoms with Crippen molar-refractivity contribution in [2.45, 2.75) is 18.9 Å². The Morgan fingerprint density at radius 1 is 1.12 bits per heavy atom. The Hall–Kier alpha value is -3.09. The maximum atomic E-state index is 14.2. The largest absolute Gasteiger partial charge is 0.349 e. The summed E-state index contributed by atoms with van der Waals surface area (Å²) >= 11 is 0. The summed E-state index contributed by atoms with van der Waals surface area (Å²) in [5.41, 5.74) is 0.779. The fourth-order valence-corrected chi connectivity index (χ4v) is 3.50. The van der Waals surface area contributed by atoms with E-state index in [2.05, 4.69) is 4.98 Å². The van der Waals surface area contributed by atoms with Crippen LogP contribution in [-0.4, -0.2) is 16.5 Å². The van der Waals surface area contributed by atoms with Gasteiger partial charge < -0.3 is 4.90 Å².